The van der Waals surface area contributed by atoms with Gasteiger partial charge in [0.2, 0.25) is 0 Å². The van der Waals surface area contributed by atoms with Gasteiger partial charge in [0.15, 0.2) is 0 Å². The number of hydrogen-bond acceptors (Lipinski definition) is 5. The molecule has 1 aromatic heterocycles. The Labute approximate surface area is 119 Å². The summed E-state index contributed by atoms with van der Waals surface area (Å²) in [4.78, 5) is 11.6. The van der Waals surface area contributed by atoms with Gasteiger partial charge < -0.3 is 4.74 Å². The van der Waals surface area contributed by atoms with E-state index >= 15 is 0 Å². The van der Waals surface area contributed by atoms with Crippen molar-refractivity contribution in [2.24, 2.45) is 0 Å². The van der Waals surface area contributed by atoms with Crippen molar-refractivity contribution in [1.82, 2.24) is 20.2 Å². The molecule has 100 valence electrons. The molecule has 0 aliphatic heterocycles. The minimum atomic E-state index is -0.578. The predicted molar refractivity (Wildman–Crippen MR) is 69.3 cm³/mol. The summed E-state index contributed by atoms with van der Waals surface area (Å²) in [6.45, 7) is 2.20. The molecule has 0 radical (unpaired) electrons. The Balaban J connectivity index is 2.27. The highest BCUT2D eigenvalue weighted by atomic mass is 35.5. The standard InChI is InChI=1S/C11H10Cl2N4O2/c1-2-19-11(18)10-14-15-16-17(10)6-7-4-3-5-8(12)9(7)13/h3-5H,2,6H2,1H3. The molecule has 8 heteroatoms. The van der Waals surface area contributed by atoms with Gasteiger partial charge in [-0.2, -0.15) is 0 Å². The van der Waals surface area contributed by atoms with Crippen LogP contribution in [0.15, 0.2) is 18.2 Å². The number of nitrogens with zero attached hydrogens (tertiary/aromatic N) is 4. The molecular weight excluding hydrogens is 291 g/mol. The highest BCUT2D eigenvalue weighted by Crippen LogP contribution is 2.26. The van der Waals surface area contributed by atoms with Crippen LogP contribution in [0.3, 0.4) is 0 Å². The number of tetrazole rings is 1. The van der Waals surface area contributed by atoms with E-state index in [1.165, 1.54) is 4.68 Å². The number of aromatic nitrogens is 4. The average Bonchev–Trinajstić information content (AvgIpc) is 2.83. The fraction of sp³-hybridized carbons (Fsp3) is 0.273. The summed E-state index contributed by atoms with van der Waals surface area (Å²) < 4.78 is 6.17. The number of hydrogen-bond donors (Lipinski definition) is 0. The molecule has 0 unspecified atom stereocenters. The lowest BCUT2D eigenvalue weighted by Crippen LogP contribution is -2.15. The van der Waals surface area contributed by atoms with Crippen LogP contribution in [0, 0.1) is 0 Å². The highest BCUT2D eigenvalue weighted by molar-refractivity contribution is 6.42. The van der Waals surface area contributed by atoms with E-state index in [9.17, 15) is 4.79 Å². The zero-order valence-corrected chi connectivity index (χ0v) is 11.5. The van der Waals surface area contributed by atoms with E-state index in [2.05, 4.69) is 15.5 Å². The monoisotopic (exact) mass is 300 g/mol. The van der Waals surface area contributed by atoms with Crippen molar-refractivity contribution in [3.63, 3.8) is 0 Å². The van der Waals surface area contributed by atoms with Crippen molar-refractivity contribution >= 4 is 29.2 Å². The van der Waals surface area contributed by atoms with E-state index < -0.39 is 5.97 Å². The number of rotatable bonds is 4. The summed E-state index contributed by atoms with van der Waals surface area (Å²) in [5.74, 6) is -0.552. The molecule has 0 spiro atoms. The third-order valence-electron chi connectivity index (χ3n) is 2.34. The van der Waals surface area contributed by atoms with Gasteiger partial charge in [0.25, 0.3) is 5.82 Å². The van der Waals surface area contributed by atoms with E-state index in [1.54, 1.807) is 25.1 Å². The largest absolute Gasteiger partial charge is 0.460 e. The molecule has 1 aromatic carbocycles. The Morgan fingerprint density at radius 2 is 2.21 bits per heavy atom. The molecule has 2 aromatic rings. The number of carbonyl (C=O) groups excluding carboxylic acids is 1. The summed E-state index contributed by atoms with van der Waals surface area (Å²) in [5.41, 5.74) is 0.715. The van der Waals surface area contributed by atoms with Crippen molar-refractivity contribution in [2.45, 2.75) is 13.5 Å². The van der Waals surface area contributed by atoms with Crippen molar-refractivity contribution in [2.75, 3.05) is 6.61 Å². The number of benzene rings is 1. The quantitative estimate of drug-likeness (QED) is 0.810. The van der Waals surface area contributed by atoms with Crippen molar-refractivity contribution in [1.29, 1.82) is 0 Å². The molecule has 0 aliphatic carbocycles. The van der Waals surface area contributed by atoms with E-state index in [-0.39, 0.29) is 19.0 Å². The fourth-order valence-corrected chi connectivity index (χ4v) is 1.86. The maximum atomic E-state index is 11.6. The zero-order chi connectivity index (χ0) is 13.8. The number of carbonyl (C=O) groups is 1. The van der Waals surface area contributed by atoms with Gasteiger partial charge >= 0.3 is 5.97 Å². The van der Waals surface area contributed by atoms with Gasteiger partial charge in [-0.25, -0.2) is 9.48 Å². The Bertz CT molecular complexity index is 600. The Morgan fingerprint density at radius 3 is 2.95 bits per heavy atom. The molecular formula is C11H10Cl2N4O2. The average molecular weight is 301 g/mol. The topological polar surface area (TPSA) is 69.9 Å². The van der Waals surface area contributed by atoms with Crippen LogP contribution in [0.5, 0.6) is 0 Å². The lowest BCUT2D eigenvalue weighted by Gasteiger charge is -2.07. The van der Waals surface area contributed by atoms with E-state index in [4.69, 9.17) is 27.9 Å². The molecule has 6 nitrogen and oxygen atoms in total. The molecule has 0 bridgehead atoms. The molecule has 0 atom stereocenters. The van der Waals surface area contributed by atoms with Crippen LogP contribution in [0.1, 0.15) is 23.1 Å². The first-order valence-corrected chi connectivity index (χ1v) is 6.25. The second-order valence-electron chi connectivity index (χ2n) is 3.59. The van der Waals surface area contributed by atoms with Gasteiger partial charge in [-0.1, -0.05) is 35.3 Å². The van der Waals surface area contributed by atoms with Crippen molar-refractivity contribution in [3.8, 4) is 0 Å². The lowest BCUT2D eigenvalue weighted by atomic mass is 10.2. The second kappa shape index (κ2) is 5.99. The van der Waals surface area contributed by atoms with Crippen LogP contribution in [-0.2, 0) is 11.3 Å². The first-order chi connectivity index (χ1) is 9.13. The Morgan fingerprint density at radius 1 is 1.42 bits per heavy atom. The third-order valence-corrected chi connectivity index (χ3v) is 3.20. The number of ether oxygens (including phenoxy) is 1. The van der Waals surface area contributed by atoms with Gasteiger partial charge in [-0.05, 0) is 29.0 Å². The van der Waals surface area contributed by atoms with Gasteiger partial charge in [0, 0.05) is 0 Å². The van der Waals surface area contributed by atoms with Gasteiger partial charge in [-0.3, -0.25) is 0 Å². The van der Waals surface area contributed by atoms with Gasteiger partial charge in [-0.15, -0.1) is 5.10 Å². The zero-order valence-electron chi connectivity index (χ0n) is 10.0. The van der Waals surface area contributed by atoms with Gasteiger partial charge in [0.1, 0.15) is 0 Å². The van der Waals surface area contributed by atoms with Crippen LogP contribution in [0.4, 0.5) is 0 Å². The minimum absolute atomic E-state index is 0.0258. The molecule has 0 fully saturated rings. The summed E-state index contributed by atoms with van der Waals surface area (Å²) in [5, 5.41) is 11.7. The Hall–Kier alpha value is -1.66. The summed E-state index contributed by atoms with van der Waals surface area (Å²) in [6.07, 6.45) is 0. The molecule has 1 heterocycles. The van der Waals surface area contributed by atoms with Crippen LogP contribution >= 0.6 is 23.2 Å². The van der Waals surface area contributed by atoms with E-state index in [1.807, 2.05) is 0 Å². The van der Waals surface area contributed by atoms with Crippen molar-refractivity contribution < 1.29 is 9.53 Å². The van der Waals surface area contributed by atoms with Crippen LogP contribution in [0.25, 0.3) is 0 Å². The van der Waals surface area contributed by atoms with Crippen molar-refractivity contribution in [3.05, 3.63) is 39.6 Å². The van der Waals surface area contributed by atoms with E-state index in [0.717, 1.165) is 0 Å². The molecule has 0 aliphatic rings. The predicted octanol–water partition coefficient (Wildman–Crippen LogP) is 2.20. The Kier molecular flexibility index (Phi) is 4.34. The summed E-state index contributed by atoms with van der Waals surface area (Å²) in [6, 6.07) is 5.22. The first-order valence-electron chi connectivity index (χ1n) is 5.49. The maximum Gasteiger partial charge on any atom is 0.378 e. The third kappa shape index (κ3) is 3.02. The van der Waals surface area contributed by atoms with E-state index in [0.29, 0.717) is 15.6 Å². The molecule has 0 saturated heterocycles. The fourth-order valence-electron chi connectivity index (χ4n) is 1.48. The van der Waals surface area contributed by atoms with Gasteiger partial charge in [0.05, 0.1) is 23.2 Å². The molecule has 0 N–H and O–H groups in total. The summed E-state index contributed by atoms with van der Waals surface area (Å²) >= 11 is 12.0. The second-order valence-corrected chi connectivity index (χ2v) is 4.38. The maximum absolute atomic E-state index is 11.6. The smallest absolute Gasteiger partial charge is 0.378 e. The molecule has 19 heavy (non-hydrogen) atoms. The number of halogens is 2. The highest BCUT2D eigenvalue weighted by Gasteiger charge is 2.17. The van der Waals surface area contributed by atoms with Crippen LogP contribution in [0.2, 0.25) is 10.0 Å². The molecule has 0 saturated carbocycles. The minimum Gasteiger partial charge on any atom is -0.460 e. The molecule has 0 amide bonds. The number of esters is 1. The normalized spacial score (nSPS) is 10.5. The SMILES string of the molecule is CCOC(=O)c1nnnn1Cc1cccc(Cl)c1Cl. The van der Waals surface area contributed by atoms with Crippen LogP contribution < -0.4 is 0 Å². The first kappa shape index (κ1) is 13.8. The summed E-state index contributed by atoms with van der Waals surface area (Å²) in [7, 11) is 0. The molecule has 2 rings (SSSR count). The lowest BCUT2D eigenvalue weighted by molar-refractivity contribution is 0.0505. The van der Waals surface area contributed by atoms with Crippen LogP contribution in [-0.4, -0.2) is 32.8 Å².